The monoisotopic (exact) mass is 1280 g/mol. The number of epoxide rings is 1. The Bertz CT molecular complexity index is 3330. The number of unbranched alkanes of at least 4 members (excludes halogenated alkanes) is 2. The van der Waals surface area contributed by atoms with Gasteiger partial charge in [0.2, 0.25) is 23.6 Å². The maximum absolute atomic E-state index is 14.7. The van der Waals surface area contributed by atoms with Gasteiger partial charge in [-0.1, -0.05) is 81.7 Å². The molecule has 7 amide bonds. The van der Waals surface area contributed by atoms with Crippen molar-refractivity contribution in [2.75, 3.05) is 46.3 Å². The summed E-state index contributed by atoms with van der Waals surface area (Å²) in [5, 5.41) is 18.0. The summed E-state index contributed by atoms with van der Waals surface area (Å²) in [6, 6.07) is 6.78. The van der Waals surface area contributed by atoms with Gasteiger partial charge in [0.1, 0.15) is 52.1 Å². The molecular formula is C67H88ClN7O16. The molecule has 7 rings (SSSR count). The summed E-state index contributed by atoms with van der Waals surface area (Å²) in [4.78, 5) is 144. The van der Waals surface area contributed by atoms with Crippen LogP contribution in [0.4, 0.5) is 10.5 Å². The number of anilines is 1. The topological polar surface area (TPSA) is 313 Å². The average Bonchev–Trinajstić information content (AvgIpc) is 1.58. The molecule has 1 aromatic heterocycles. The standard InChI is InChI=1S/C67H88ClN7O16/c1-37(2)47(33-44(76)19-13-12-14-27-75-56(79)29-39(4)62(75)82)61(81)72-48(21-17-26-71-65(69)85)50(77)32-43-23-24-46(45-20-16-25-70-59(43)45)63(83)73(8)41(6)64(84)90-54-34-55(78)74(9)49-30-42(31-51(87-10)58(49)68)28-38(3)18-15-22-53(88-11)67(86)35-52(89-57(80)36-67)40(5)60-66(54,7)91-60/h15-16,18,20,22-25,30-31,37,39-41,47-48,52-54,60,86H,12-14,17,19,21,26-29,32-36H2,1-11H3,(H,72,81)(H3,69,71,85)/b22-15+,38-18+/t39?,40-,41+,47+,48+,52+,53-,54+,60+,66+,67-/m1/s1. The molecule has 0 spiro atoms. The number of benzene rings is 2. The minimum Gasteiger partial charge on any atom is -0.495 e. The van der Waals surface area contributed by atoms with E-state index in [0.717, 1.165) is 11.1 Å². The molecule has 4 bridgehead atoms. The van der Waals surface area contributed by atoms with Gasteiger partial charge in [-0.2, -0.15) is 0 Å². The number of fused-ring (bicyclic) bond motifs is 6. The Balaban J connectivity index is 1.08. The summed E-state index contributed by atoms with van der Waals surface area (Å²) in [6.07, 6.45) is 4.61. The Hall–Kier alpha value is -7.60. The Morgan fingerprint density at radius 3 is 2.40 bits per heavy atom. The number of aromatic nitrogens is 1. The minimum atomic E-state index is -1.67. The molecule has 1 unspecified atom stereocenters. The lowest BCUT2D eigenvalue weighted by Crippen LogP contribution is -2.53. The minimum absolute atomic E-state index is 0.0243. The largest absolute Gasteiger partial charge is 0.495 e. The number of nitrogens with zero attached hydrogens (tertiary/aromatic N) is 4. The number of ether oxygens (including phenoxy) is 5. The number of halogens is 1. The van der Waals surface area contributed by atoms with Gasteiger partial charge in [-0.05, 0) is 94.2 Å². The fourth-order valence-corrected chi connectivity index (χ4v) is 12.7. The van der Waals surface area contributed by atoms with E-state index in [1.807, 2.05) is 26.8 Å². The highest BCUT2D eigenvalue weighted by molar-refractivity contribution is 6.35. The number of nitrogens with two attached hydrogens (primary N) is 1. The van der Waals surface area contributed by atoms with E-state index in [1.54, 1.807) is 63.3 Å². The van der Waals surface area contributed by atoms with Crippen molar-refractivity contribution in [1.82, 2.24) is 25.4 Å². The van der Waals surface area contributed by atoms with Crippen LogP contribution in [0.25, 0.3) is 10.9 Å². The number of urea groups is 1. The molecule has 24 heteroatoms. The van der Waals surface area contributed by atoms with E-state index in [0.29, 0.717) is 60.1 Å². The van der Waals surface area contributed by atoms with E-state index in [4.69, 9.17) is 41.0 Å². The highest BCUT2D eigenvalue weighted by Crippen LogP contribution is 2.50. The second kappa shape index (κ2) is 30.7. The Labute approximate surface area is 536 Å². The molecule has 4 aliphatic heterocycles. The summed E-state index contributed by atoms with van der Waals surface area (Å²) in [5.74, 6) is -5.79. The van der Waals surface area contributed by atoms with Crippen molar-refractivity contribution in [3.63, 3.8) is 0 Å². The predicted molar refractivity (Wildman–Crippen MR) is 337 cm³/mol. The van der Waals surface area contributed by atoms with Crippen LogP contribution in [-0.4, -0.2) is 168 Å². The third kappa shape index (κ3) is 17.1. The molecule has 0 aliphatic carbocycles. The lowest BCUT2D eigenvalue weighted by atomic mass is 9.78. The molecule has 3 fully saturated rings. The first kappa shape index (κ1) is 70.9. The van der Waals surface area contributed by atoms with Crippen molar-refractivity contribution in [3.8, 4) is 5.75 Å². The van der Waals surface area contributed by atoms with Crippen molar-refractivity contribution >= 4 is 87.3 Å². The fraction of sp³-hybridized carbons (Fsp3) is 0.567. The molecule has 3 saturated heterocycles. The van der Waals surface area contributed by atoms with E-state index in [-0.39, 0.29) is 97.9 Å². The van der Waals surface area contributed by atoms with E-state index >= 15 is 0 Å². The molecule has 4 aliphatic rings. The van der Waals surface area contributed by atoms with Gasteiger partial charge in [-0.25, -0.2) is 9.59 Å². The van der Waals surface area contributed by atoms with Crippen molar-refractivity contribution in [1.29, 1.82) is 0 Å². The molecule has 5 heterocycles. The summed E-state index contributed by atoms with van der Waals surface area (Å²) in [7, 11) is 5.86. The zero-order valence-electron chi connectivity index (χ0n) is 54.0. The smallest absolute Gasteiger partial charge is 0.328 e. The lowest BCUT2D eigenvalue weighted by Gasteiger charge is -2.41. The third-order valence-electron chi connectivity index (χ3n) is 18.2. The number of carbonyl (C=O) groups is 10. The van der Waals surface area contributed by atoms with E-state index in [1.165, 1.54) is 62.2 Å². The molecule has 11 atom stereocenters. The SMILES string of the molecule is COc1cc2cc(c1Cl)N(C)C(=O)C[C@H](OC(=O)[C@H](C)N(C)C(=O)c1ccc(CC(=O)[C@H](CCCNC(N)=O)NC(=O)[C@@H](CC(=O)CCCCCN3C(=O)CC(C)C3=O)C(C)C)c3ncccc13)[C@]1(C)O[C@H]1[C@H](C)[C@@H]1C[C@@](O)(CC(=O)O1)[C@H](OC)/C=C/C=C(\C)C2. The number of carbonyl (C=O) groups excluding carboxylic acids is 10. The average molecular weight is 1280 g/mol. The maximum Gasteiger partial charge on any atom is 0.328 e. The molecule has 0 radical (unpaired) electrons. The first-order valence-electron chi connectivity index (χ1n) is 31.2. The zero-order chi connectivity index (χ0) is 66.8. The number of amides is 7. The Morgan fingerprint density at radius 1 is 0.989 bits per heavy atom. The quantitative estimate of drug-likeness (QED) is 0.0308. The van der Waals surface area contributed by atoms with Crippen molar-refractivity contribution in [3.05, 3.63) is 88.1 Å². The number of nitrogens with one attached hydrogen (secondary N) is 2. The molecule has 5 N–H and O–H groups in total. The van der Waals surface area contributed by atoms with Crippen LogP contribution in [0.5, 0.6) is 5.75 Å². The summed E-state index contributed by atoms with van der Waals surface area (Å²) in [5.41, 5.74) is 5.10. The van der Waals surface area contributed by atoms with E-state index in [2.05, 4.69) is 15.6 Å². The summed E-state index contributed by atoms with van der Waals surface area (Å²) in [6.45, 7) is 12.6. The molecule has 3 aromatic rings. The van der Waals surface area contributed by atoms with Crippen LogP contribution in [0.3, 0.4) is 0 Å². The summed E-state index contributed by atoms with van der Waals surface area (Å²) < 4.78 is 30.0. The van der Waals surface area contributed by atoms with Crippen LogP contribution in [0, 0.1) is 23.7 Å². The van der Waals surface area contributed by atoms with Gasteiger partial charge in [0.05, 0.1) is 43.3 Å². The van der Waals surface area contributed by atoms with Crippen LogP contribution in [0.15, 0.2) is 66.4 Å². The van der Waals surface area contributed by atoms with Gasteiger partial charge in [0.15, 0.2) is 5.78 Å². The predicted octanol–water partition coefficient (Wildman–Crippen LogP) is 6.86. The van der Waals surface area contributed by atoms with Gasteiger partial charge >= 0.3 is 18.0 Å². The second-order valence-electron chi connectivity index (χ2n) is 25.3. The zero-order valence-corrected chi connectivity index (χ0v) is 54.7. The number of imide groups is 1. The molecular weight excluding hydrogens is 1190 g/mol. The number of hydrogen-bond donors (Lipinski definition) is 4. The van der Waals surface area contributed by atoms with Crippen molar-refractivity contribution in [2.45, 2.75) is 180 Å². The normalized spacial score (nSPS) is 25.5. The van der Waals surface area contributed by atoms with Crippen LogP contribution in [-0.2, 0) is 70.1 Å². The Morgan fingerprint density at radius 2 is 1.73 bits per heavy atom. The van der Waals surface area contributed by atoms with E-state index < -0.39 is 107 Å². The van der Waals surface area contributed by atoms with Crippen LogP contribution in [0.1, 0.15) is 141 Å². The van der Waals surface area contributed by atoms with Crippen molar-refractivity contribution in [2.24, 2.45) is 29.4 Å². The summed E-state index contributed by atoms with van der Waals surface area (Å²) >= 11 is 6.89. The van der Waals surface area contributed by atoms with Gasteiger partial charge in [0.25, 0.3) is 5.91 Å². The van der Waals surface area contributed by atoms with Gasteiger partial charge < -0.3 is 55.0 Å². The van der Waals surface area contributed by atoms with Crippen LogP contribution >= 0.6 is 11.6 Å². The number of rotatable bonds is 24. The number of hydrogen-bond acceptors (Lipinski definition) is 17. The number of aliphatic hydroxyl groups is 1. The number of ketones is 2. The highest BCUT2D eigenvalue weighted by Gasteiger charge is 2.64. The number of methoxy groups -OCH3 is 2. The second-order valence-corrected chi connectivity index (χ2v) is 25.7. The number of likely N-dealkylation sites (tertiary alicyclic amines) is 1. The third-order valence-corrected chi connectivity index (χ3v) is 18.6. The molecule has 0 saturated carbocycles. The Kier molecular flexibility index (Phi) is 23.9. The number of esters is 2. The van der Waals surface area contributed by atoms with Gasteiger partial charge in [-0.3, -0.25) is 48.2 Å². The number of allylic oxidation sites excluding steroid dienone is 3. The lowest BCUT2D eigenvalue weighted by molar-refractivity contribution is -0.187. The fourth-order valence-electron chi connectivity index (χ4n) is 12.4. The number of pyridine rings is 1. The number of primary amides is 1. The maximum atomic E-state index is 14.7. The molecule has 91 heavy (non-hydrogen) atoms. The van der Waals surface area contributed by atoms with E-state index in [9.17, 15) is 53.1 Å². The first-order valence-corrected chi connectivity index (χ1v) is 31.6. The molecule has 494 valence electrons. The number of Topliss-reactive ketones (excluding diaryl/α,β-unsaturated/α-hetero) is 2. The van der Waals surface area contributed by atoms with Gasteiger partial charge in [-0.15, -0.1) is 0 Å². The van der Waals surface area contributed by atoms with Gasteiger partial charge in [0, 0.05) is 101 Å². The van der Waals surface area contributed by atoms with Crippen LogP contribution in [0.2, 0.25) is 5.02 Å². The molecule has 2 aromatic carbocycles. The highest BCUT2D eigenvalue weighted by atomic mass is 35.5. The van der Waals surface area contributed by atoms with Crippen LogP contribution < -0.4 is 26.0 Å². The first-order chi connectivity index (χ1) is 43.0. The number of likely N-dealkylation sites (N-methyl/N-ethyl adjacent to an activating group) is 1. The molecule has 23 nitrogen and oxygen atoms in total. The van der Waals surface area contributed by atoms with Crippen molar-refractivity contribution < 1.29 is 76.7 Å².